The van der Waals surface area contributed by atoms with E-state index < -0.39 is 0 Å². The Morgan fingerprint density at radius 2 is 1.90 bits per heavy atom. The minimum Gasteiger partial charge on any atom is -0.496 e. The topological polar surface area (TPSA) is 21.3 Å². The summed E-state index contributed by atoms with van der Waals surface area (Å²) in [6.45, 7) is 2.10. The Bertz CT molecular complexity index is 571. The molecule has 0 saturated heterocycles. The van der Waals surface area contributed by atoms with E-state index in [-0.39, 0.29) is 11.9 Å². The van der Waals surface area contributed by atoms with Crippen LogP contribution in [0.2, 0.25) is 0 Å². The molecule has 0 amide bonds. The number of halogens is 2. The summed E-state index contributed by atoms with van der Waals surface area (Å²) in [4.78, 5) is 0. The van der Waals surface area contributed by atoms with Crippen molar-refractivity contribution in [3.05, 3.63) is 58.3 Å². The maximum absolute atomic E-state index is 13.0. The molecule has 0 bridgehead atoms. The van der Waals surface area contributed by atoms with Gasteiger partial charge >= 0.3 is 0 Å². The Hall–Kier alpha value is -1.55. The van der Waals surface area contributed by atoms with Crippen LogP contribution in [0.5, 0.6) is 5.75 Å². The van der Waals surface area contributed by atoms with Gasteiger partial charge in [-0.3, -0.25) is 0 Å². The molecule has 2 rings (SSSR count). The van der Waals surface area contributed by atoms with Crippen LogP contribution in [0.4, 0.5) is 10.1 Å². The molecule has 20 heavy (non-hydrogen) atoms. The third-order valence-electron chi connectivity index (χ3n) is 3.17. The van der Waals surface area contributed by atoms with Crippen molar-refractivity contribution in [1.82, 2.24) is 0 Å². The number of anilines is 1. The molecular formula is C16H17BrFNO. The highest BCUT2D eigenvalue weighted by atomic mass is 79.9. The van der Waals surface area contributed by atoms with Crippen molar-refractivity contribution in [3.63, 3.8) is 0 Å². The highest BCUT2D eigenvalue weighted by Crippen LogP contribution is 2.30. The summed E-state index contributed by atoms with van der Waals surface area (Å²) in [5, 5.41) is 3.45. The Kier molecular flexibility index (Phi) is 5.01. The van der Waals surface area contributed by atoms with Gasteiger partial charge in [-0.15, -0.1) is 0 Å². The molecule has 0 aromatic heterocycles. The Morgan fingerprint density at radius 1 is 1.20 bits per heavy atom. The molecule has 2 nitrogen and oxygen atoms in total. The van der Waals surface area contributed by atoms with E-state index in [4.69, 9.17) is 4.74 Å². The third-order valence-corrected chi connectivity index (χ3v) is 3.79. The maximum atomic E-state index is 13.0. The Morgan fingerprint density at radius 3 is 2.45 bits per heavy atom. The number of hydrogen-bond donors (Lipinski definition) is 1. The lowest BCUT2D eigenvalue weighted by Gasteiger charge is -2.19. The number of nitrogens with one attached hydrogen (secondary N) is 1. The smallest absolute Gasteiger partial charge is 0.133 e. The second-order valence-electron chi connectivity index (χ2n) is 4.51. The van der Waals surface area contributed by atoms with E-state index in [1.165, 1.54) is 12.1 Å². The number of benzene rings is 2. The lowest BCUT2D eigenvalue weighted by Crippen LogP contribution is -2.09. The van der Waals surface area contributed by atoms with Crippen molar-refractivity contribution < 1.29 is 9.13 Å². The first kappa shape index (κ1) is 14.9. The van der Waals surface area contributed by atoms with E-state index in [9.17, 15) is 4.39 Å². The summed E-state index contributed by atoms with van der Waals surface area (Å²) < 4.78 is 19.1. The van der Waals surface area contributed by atoms with Gasteiger partial charge in [-0.25, -0.2) is 4.39 Å². The van der Waals surface area contributed by atoms with Crippen LogP contribution in [0.3, 0.4) is 0 Å². The molecule has 1 atom stereocenters. The lowest BCUT2D eigenvalue weighted by atomic mass is 10.0. The van der Waals surface area contributed by atoms with Gasteiger partial charge in [0.05, 0.1) is 17.6 Å². The molecule has 1 unspecified atom stereocenters. The Balaban J connectivity index is 2.17. The van der Waals surface area contributed by atoms with Crippen LogP contribution in [0.15, 0.2) is 46.9 Å². The molecule has 2 aromatic carbocycles. The number of rotatable bonds is 5. The van der Waals surface area contributed by atoms with Crippen LogP contribution in [-0.4, -0.2) is 7.11 Å². The summed E-state index contributed by atoms with van der Waals surface area (Å²) in [6.07, 6.45) is 0.912. The van der Waals surface area contributed by atoms with Crippen molar-refractivity contribution in [3.8, 4) is 5.75 Å². The first-order chi connectivity index (χ1) is 9.63. The van der Waals surface area contributed by atoms with Gasteiger partial charge in [0.1, 0.15) is 11.6 Å². The molecule has 0 aliphatic heterocycles. The summed E-state index contributed by atoms with van der Waals surface area (Å²) in [6, 6.07) is 12.6. The predicted molar refractivity (Wildman–Crippen MR) is 83.7 cm³/mol. The van der Waals surface area contributed by atoms with E-state index in [0.717, 1.165) is 27.9 Å². The van der Waals surface area contributed by atoms with Gasteiger partial charge in [0.15, 0.2) is 0 Å². The van der Waals surface area contributed by atoms with Crippen LogP contribution in [-0.2, 0) is 0 Å². The van der Waals surface area contributed by atoms with E-state index in [0.29, 0.717) is 0 Å². The molecular weight excluding hydrogens is 321 g/mol. The maximum Gasteiger partial charge on any atom is 0.133 e. The largest absolute Gasteiger partial charge is 0.496 e. The normalized spacial score (nSPS) is 12.0. The quantitative estimate of drug-likeness (QED) is 0.813. The first-order valence-corrected chi connectivity index (χ1v) is 7.29. The van der Waals surface area contributed by atoms with Crippen molar-refractivity contribution in [2.75, 3.05) is 12.4 Å². The molecule has 106 valence electrons. The zero-order valence-electron chi connectivity index (χ0n) is 11.5. The highest BCUT2D eigenvalue weighted by Gasteiger charge is 2.10. The van der Waals surface area contributed by atoms with E-state index in [2.05, 4.69) is 28.2 Å². The second kappa shape index (κ2) is 6.75. The molecule has 0 spiro atoms. The molecule has 4 heteroatoms. The van der Waals surface area contributed by atoms with Crippen molar-refractivity contribution >= 4 is 21.6 Å². The molecule has 0 aliphatic carbocycles. The minimum absolute atomic E-state index is 0.149. The monoisotopic (exact) mass is 337 g/mol. The number of ether oxygens (including phenoxy) is 1. The first-order valence-electron chi connectivity index (χ1n) is 6.49. The third kappa shape index (κ3) is 3.51. The average molecular weight is 338 g/mol. The summed E-state index contributed by atoms with van der Waals surface area (Å²) in [7, 11) is 1.64. The van der Waals surface area contributed by atoms with Gasteiger partial charge in [0.25, 0.3) is 0 Å². The van der Waals surface area contributed by atoms with Crippen LogP contribution >= 0.6 is 15.9 Å². The van der Waals surface area contributed by atoms with Crippen molar-refractivity contribution in [2.45, 2.75) is 19.4 Å². The van der Waals surface area contributed by atoms with Crippen LogP contribution in [0.1, 0.15) is 24.9 Å². The van der Waals surface area contributed by atoms with Crippen molar-refractivity contribution in [1.29, 1.82) is 0 Å². The van der Waals surface area contributed by atoms with Gasteiger partial charge in [0, 0.05) is 5.69 Å². The fourth-order valence-electron chi connectivity index (χ4n) is 2.07. The van der Waals surface area contributed by atoms with Gasteiger partial charge in [-0.2, -0.15) is 0 Å². The van der Waals surface area contributed by atoms with Gasteiger partial charge < -0.3 is 10.1 Å². The second-order valence-corrected chi connectivity index (χ2v) is 5.36. The summed E-state index contributed by atoms with van der Waals surface area (Å²) >= 11 is 3.47. The standard InChI is InChI=1S/C16H17BrFNO/c1-3-15(11-4-6-12(18)7-5-11)19-13-8-9-16(20-2)14(17)10-13/h4-10,15,19H,3H2,1-2H3. The van der Waals surface area contributed by atoms with E-state index in [1.54, 1.807) is 7.11 Å². The molecule has 0 heterocycles. The highest BCUT2D eigenvalue weighted by molar-refractivity contribution is 9.10. The predicted octanol–water partition coefficient (Wildman–Crippen LogP) is 5.16. The molecule has 0 aliphatic rings. The fourth-order valence-corrected chi connectivity index (χ4v) is 2.61. The molecule has 0 saturated carbocycles. The lowest BCUT2D eigenvalue weighted by molar-refractivity contribution is 0.412. The molecule has 0 radical (unpaired) electrons. The minimum atomic E-state index is -0.212. The van der Waals surface area contributed by atoms with Gasteiger partial charge in [0.2, 0.25) is 0 Å². The fraction of sp³-hybridized carbons (Fsp3) is 0.250. The summed E-state index contributed by atoms with van der Waals surface area (Å²) in [5.41, 5.74) is 2.06. The van der Waals surface area contributed by atoms with Gasteiger partial charge in [-0.1, -0.05) is 19.1 Å². The number of hydrogen-bond acceptors (Lipinski definition) is 2. The molecule has 2 aromatic rings. The van der Waals surface area contributed by atoms with Crippen molar-refractivity contribution in [2.24, 2.45) is 0 Å². The van der Waals surface area contributed by atoms with E-state index in [1.807, 2.05) is 30.3 Å². The van der Waals surface area contributed by atoms with Gasteiger partial charge in [-0.05, 0) is 58.2 Å². The zero-order chi connectivity index (χ0) is 14.5. The molecule has 1 N–H and O–H groups in total. The molecule has 0 fully saturated rings. The van der Waals surface area contributed by atoms with E-state index >= 15 is 0 Å². The van der Waals surface area contributed by atoms with Crippen LogP contribution in [0, 0.1) is 5.82 Å². The SMILES string of the molecule is CCC(Nc1ccc(OC)c(Br)c1)c1ccc(F)cc1. The number of methoxy groups -OCH3 is 1. The average Bonchev–Trinajstić information content (AvgIpc) is 2.46. The zero-order valence-corrected chi connectivity index (χ0v) is 13.1. The Labute approximate surface area is 127 Å². The van der Waals surface area contributed by atoms with Crippen LogP contribution in [0.25, 0.3) is 0 Å². The van der Waals surface area contributed by atoms with Crippen LogP contribution < -0.4 is 10.1 Å². The summed E-state index contributed by atoms with van der Waals surface area (Å²) in [5.74, 6) is 0.584.